The lowest BCUT2D eigenvalue weighted by Crippen LogP contribution is -2.24. The van der Waals surface area contributed by atoms with E-state index in [1.54, 1.807) is 55.5 Å². The molecule has 2 rings (SSSR count). The maximum Gasteiger partial charge on any atom is 0.338 e. The molecule has 0 fully saturated rings. The van der Waals surface area contributed by atoms with E-state index in [-0.39, 0.29) is 11.5 Å². The van der Waals surface area contributed by atoms with Crippen molar-refractivity contribution in [3.8, 4) is 0 Å². The van der Waals surface area contributed by atoms with Crippen LogP contribution in [0.4, 0.5) is 0 Å². The van der Waals surface area contributed by atoms with E-state index in [0.29, 0.717) is 12.0 Å². The highest BCUT2D eigenvalue weighted by Crippen LogP contribution is 2.14. The SMILES string of the molecule is CCC(COS(=O)(=O)c1ccccc1)OC(=O)c1ccccc1. The molecule has 122 valence electrons. The summed E-state index contributed by atoms with van der Waals surface area (Å²) in [5, 5.41) is 0. The van der Waals surface area contributed by atoms with Gasteiger partial charge in [0.15, 0.2) is 0 Å². The summed E-state index contributed by atoms with van der Waals surface area (Å²) in [6, 6.07) is 16.4. The number of benzene rings is 2. The lowest BCUT2D eigenvalue weighted by Gasteiger charge is -2.16. The topological polar surface area (TPSA) is 69.7 Å². The zero-order chi connectivity index (χ0) is 16.7. The number of carbonyl (C=O) groups is 1. The van der Waals surface area contributed by atoms with Gasteiger partial charge in [0.2, 0.25) is 0 Å². The first-order valence-corrected chi connectivity index (χ1v) is 8.64. The first-order chi connectivity index (χ1) is 11.0. The Bertz CT molecular complexity index is 726. The van der Waals surface area contributed by atoms with E-state index in [0.717, 1.165) is 0 Å². The standard InChI is InChI=1S/C17H18O5S/c1-2-15(22-17(18)14-9-5-3-6-10-14)13-21-23(19,20)16-11-7-4-8-12-16/h3-12,15H,2,13H2,1H3. The van der Waals surface area contributed by atoms with Gasteiger partial charge in [-0.25, -0.2) is 4.79 Å². The Labute approximate surface area is 136 Å². The zero-order valence-electron chi connectivity index (χ0n) is 12.7. The summed E-state index contributed by atoms with van der Waals surface area (Å²) in [5.41, 5.74) is 0.414. The average molecular weight is 334 g/mol. The molecule has 0 radical (unpaired) electrons. The molecule has 0 N–H and O–H groups in total. The first kappa shape index (κ1) is 17.2. The Kier molecular flexibility index (Phi) is 5.90. The third-order valence-electron chi connectivity index (χ3n) is 3.18. The minimum absolute atomic E-state index is 0.0734. The highest BCUT2D eigenvalue weighted by Gasteiger charge is 2.20. The van der Waals surface area contributed by atoms with Crippen LogP contribution >= 0.6 is 0 Å². The lowest BCUT2D eigenvalue weighted by molar-refractivity contribution is 0.0171. The monoisotopic (exact) mass is 334 g/mol. The molecular weight excluding hydrogens is 316 g/mol. The molecule has 2 aromatic rings. The number of ether oxygens (including phenoxy) is 1. The minimum Gasteiger partial charge on any atom is -0.456 e. The van der Waals surface area contributed by atoms with Crippen molar-refractivity contribution in [3.63, 3.8) is 0 Å². The fraction of sp³-hybridized carbons (Fsp3) is 0.235. The van der Waals surface area contributed by atoms with E-state index in [9.17, 15) is 13.2 Å². The van der Waals surface area contributed by atoms with E-state index >= 15 is 0 Å². The van der Waals surface area contributed by atoms with Crippen molar-refractivity contribution in [3.05, 3.63) is 66.2 Å². The Morgan fingerprint density at radius 1 is 1.00 bits per heavy atom. The van der Waals surface area contributed by atoms with Crippen molar-refractivity contribution >= 4 is 16.1 Å². The van der Waals surface area contributed by atoms with Gasteiger partial charge in [0, 0.05) is 0 Å². The van der Waals surface area contributed by atoms with Gasteiger partial charge in [0.25, 0.3) is 10.1 Å². The minimum atomic E-state index is -3.86. The summed E-state index contributed by atoms with van der Waals surface area (Å²) in [5.74, 6) is -0.502. The molecule has 0 saturated heterocycles. The zero-order valence-corrected chi connectivity index (χ0v) is 13.5. The van der Waals surface area contributed by atoms with Crippen molar-refractivity contribution in [2.24, 2.45) is 0 Å². The molecule has 0 saturated carbocycles. The molecule has 6 heteroatoms. The van der Waals surface area contributed by atoms with Crippen LogP contribution in [0.3, 0.4) is 0 Å². The van der Waals surface area contributed by atoms with Crippen LogP contribution in [0.2, 0.25) is 0 Å². The van der Waals surface area contributed by atoms with Gasteiger partial charge in [0.1, 0.15) is 12.7 Å². The van der Waals surface area contributed by atoms with Crippen LogP contribution < -0.4 is 0 Å². The summed E-state index contributed by atoms with van der Waals surface area (Å²) < 4.78 is 34.4. The Balaban J connectivity index is 1.96. The van der Waals surface area contributed by atoms with Crippen molar-refractivity contribution in [1.29, 1.82) is 0 Å². The molecule has 0 aliphatic rings. The predicted octanol–water partition coefficient (Wildman–Crippen LogP) is 3.03. The summed E-state index contributed by atoms with van der Waals surface area (Å²) >= 11 is 0. The number of carbonyl (C=O) groups excluding carboxylic acids is 1. The molecule has 0 bridgehead atoms. The third kappa shape index (κ3) is 4.91. The van der Waals surface area contributed by atoms with Gasteiger partial charge in [0.05, 0.1) is 10.5 Å². The summed E-state index contributed by atoms with van der Waals surface area (Å²) in [6.45, 7) is 1.58. The van der Waals surface area contributed by atoms with Gasteiger partial charge in [-0.15, -0.1) is 0 Å². The van der Waals surface area contributed by atoms with Crippen LogP contribution in [0, 0.1) is 0 Å². The van der Waals surface area contributed by atoms with Gasteiger partial charge < -0.3 is 4.74 Å². The molecule has 1 atom stereocenters. The van der Waals surface area contributed by atoms with Crippen molar-refractivity contribution < 1.29 is 22.1 Å². The van der Waals surface area contributed by atoms with Crippen LogP contribution in [0.25, 0.3) is 0 Å². The highest BCUT2D eigenvalue weighted by atomic mass is 32.2. The average Bonchev–Trinajstić information content (AvgIpc) is 2.60. The first-order valence-electron chi connectivity index (χ1n) is 7.23. The van der Waals surface area contributed by atoms with Crippen LogP contribution in [0.1, 0.15) is 23.7 Å². The van der Waals surface area contributed by atoms with Gasteiger partial charge in [-0.3, -0.25) is 4.18 Å². The second kappa shape index (κ2) is 7.89. The van der Waals surface area contributed by atoms with Crippen molar-refractivity contribution in [1.82, 2.24) is 0 Å². The Hall–Kier alpha value is -2.18. The summed E-state index contributed by atoms with van der Waals surface area (Å²) in [4.78, 5) is 12.1. The third-order valence-corrected chi connectivity index (χ3v) is 4.48. The fourth-order valence-electron chi connectivity index (χ4n) is 1.85. The van der Waals surface area contributed by atoms with Gasteiger partial charge in [-0.1, -0.05) is 43.3 Å². The molecule has 2 aromatic carbocycles. The Morgan fingerprint density at radius 2 is 1.57 bits per heavy atom. The molecule has 5 nitrogen and oxygen atoms in total. The van der Waals surface area contributed by atoms with E-state index in [1.165, 1.54) is 12.1 Å². The molecule has 0 aliphatic heterocycles. The van der Waals surface area contributed by atoms with E-state index < -0.39 is 22.2 Å². The molecule has 0 aromatic heterocycles. The molecule has 0 amide bonds. The maximum atomic E-state index is 12.0. The fourth-order valence-corrected chi connectivity index (χ4v) is 2.81. The molecular formula is C17H18O5S. The van der Waals surface area contributed by atoms with Crippen LogP contribution in [0.15, 0.2) is 65.6 Å². The molecule has 0 spiro atoms. The van der Waals surface area contributed by atoms with Crippen molar-refractivity contribution in [2.75, 3.05) is 6.61 Å². The second-order valence-electron chi connectivity index (χ2n) is 4.85. The van der Waals surface area contributed by atoms with Crippen molar-refractivity contribution in [2.45, 2.75) is 24.3 Å². The smallest absolute Gasteiger partial charge is 0.338 e. The number of rotatable bonds is 7. The second-order valence-corrected chi connectivity index (χ2v) is 6.47. The molecule has 0 heterocycles. The van der Waals surface area contributed by atoms with Crippen LogP contribution in [-0.2, 0) is 19.0 Å². The van der Waals surface area contributed by atoms with E-state index in [2.05, 4.69) is 0 Å². The van der Waals surface area contributed by atoms with Gasteiger partial charge >= 0.3 is 5.97 Å². The maximum absolute atomic E-state index is 12.0. The summed E-state index contributed by atoms with van der Waals surface area (Å²) in [6.07, 6.45) is -0.190. The predicted molar refractivity (Wildman–Crippen MR) is 85.5 cm³/mol. The number of hydrogen-bond acceptors (Lipinski definition) is 5. The van der Waals surface area contributed by atoms with Crippen LogP contribution in [0.5, 0.6) is 0 Å². The lowest BCUT2D eigenvalue weighted by atomic mass is 10.2. The van der Waals surface area contributed by atoms with Crippen LogP contribution in [-0.4, -0.2) is 27.1 Å². The highest BCUT2D eigenvalue weighted by molar-refractivity contribution is 7.86. The molecule has 1 unspecified atom stereocenters. The quantitative estimate of drug-likeness (QED) is 0.575. The van der Waals surface area contributed by atoms with Gasteiger partial charge in [-0.2, -0.15) is 8.42 Å². The van der Waals surface area contributed by atoms with E-state index in [4.69, 9.17) is 8.92 Å². The van der Waals surface area contributed by atoms with E-state index in [1.807, 2.05) is 0 Å². The number of hydrogen-bond donors (Lipinski definition) is 0. The number of esters is 1. The Morgan fingerprint density at radius 3 is 2.13 bits per heavy atom. The summed E-state index contributed by atoms with van der Waals surface area (Å²) in [7, 11) is -3.86. The molecule has 23 heavy (non-hydrogen) atoms. The molecule has 0 aliphatic carbocycles. The van der Waals surface area contributed by atoms with Gasteiger partial charge in [-0.05, 0) is 30.7 Å². The normalized spacial score (nSPS) is 12.6. The largest absolute Gasteiger partial charge is 0.456 e.